The van der Waals surface area contributed by atoms with Crippen molar-refractivity contribution in [3.05, 3.63) is 49.9 Å². The van der Waals surface area contributed by atoms with Crippen molar-refractivity contribution >= 4 is 64.8 Å². The van der Waals surface area contributed by atoms with E-state index in [0.717, 1.165) is 35.0 Å². The van der Waals surface area contributed by atoms with Crippen LogP contribution in [0.3, 0.4) is 0 Å². The minimum absolute atomic E-state index is 0.0938. The Morgan fingerprint density at radius 3 is 1.81 bits per heavy atom. The molecule has 0 saturated heterocycles. The summed E-state index contributed by atoms with van der Waals surface area (Å²) in [6, 6.07) is 4.78. The predicted molar refractivity (Wildman–Crippen MR) is 171 cm³/mol. The molecule has 0 saturated carbocycles. The summed E-state index contributed by atoms with van der Waals surface area (Å²) >= 11 is 0. The Bertz CT molecular complexity index is 2390. The lowest BCUT2D eigenvalue weighted by Gasteiger charge is -2.21. The van der Waals surface area contributed by atoms with Crippen LogP contribution in [0.2, 0.25) is 0 Å². The molecule has 0 atom stereocenters. The van der Waals surface area contributed by atoms with Gasteiger partial charge in [0.05, 0.1) is 37.6 Å². The lowest BCUT2D eigenvalue weighted by molar-refractivity contribution is 0.387. The molecule has 0 aliphatic heterocycles. The first-order chi connectivity index (χ1) is 20.6. The Balaban J connectivity index is 1.94. The number of methoxy groups -OCH3 is 3. The third kappa shape index (κ3) is 3.25. The highest BCUT2D eigenvalue weighted by Gasteiger charge is 2.32. The number of hydrogen-bond acceptors (Lipinski definition) is 8. The summed E-state index contributed by atoms with van der Waals surface area (Å²) in [5.41, 5.74) is 1.55. The number of phenolic OH excluding ortho intramolecular Hbond substituents is 2. The van der Waals surface area contributed by atoms with Crippen LogP contribution in [0.5, 0.6) is 28.7 Å². The molecule has 0 bridgehead atoms. The van der Waals surface area contributed by atoms with Gasteiger partial charge in [0.1, 0.15) is 23.0 Å². The number of aromatic nitrogens is 1. The second kappa shape index (κ2) is 9.12. The smallest absolute Gasteiger partial charge is 0.232 e. The molecule has 1 heterocycles. The average molecular weight is 581 g/mol. The monoisotopic (exact) mass is 580 g/mol. The Morgan fingerprint density at radius 2 is 1.26 bits per heavy atom. The Kier molecular flexibility index (Phi) is 5.75. The molecule has 0 aliphatic rings. The highest BCUT2D eigenvalue weighted by molar-refractivity contribution is 6.45. The van der Waals surface area contributed by atoms with Gasteiger partial charge < -0.3 is 33.9 Å². The molecule has 9 nitrogen and oxygen atoms in total. The van der Waals surface area contributed by atoms with Crippen LogP contribution < -0.4 is 25.1 Å². The third-order valence-electron chi connectivity index (χ3n) is 9.09. The van der Waals surface area contributed by atoms with Crippen LogP contribution in [0, 0.1) is 13.8 Å². The number of nitrogens with zero attached hydrogens (tertiary/aromatic N) is 2. The van der Waals surface area contributed by atoms with E-state index in [-0.39, 0.29) is 33.4 Å². The second-order valence-electron chi connectivity index (χ2n) is 11.6. The van der Waals surface area contributed by atoms with Gasteiger partial charge in [0, 0.05) is 72.8 Å². The minimum atomic E-state index is -0.451. The van der Waals surface area contributed by atoms with Crippen LogP contribution in [0.15, 0.2) is 27.8 Å². The van der Waals surface area contributed by atoms with Gasteiger partial charge in [-0.3, -0.25) is 9.59 Å². The van der Waals surface area contributed by atoms with Gasteiger partial charge in [-0.25, -0.2) is 0 Å². The summed E-state index contributed by atoms with van der Waals surface area (Å²) in [5, 5.41) is 28.6. The van der Waals surface area contributed by atoms with E-state index in [0.29, 0.717) is 61.3 Å². The highest BCUT2D eigenvalue weighted by Crippen LogP contribution is 2.54. The van der Waals surface area contributed by atoms with Gasteiger partial charge in [-0.15, -0.1) is 0 Å². The van der Waals surface area contributed by atoms with Crippen LogP contribution in [0.25, 0.3) is 64.8 Å². The van der Waals surface area contributed by atoms with E-state index < -0.39 is 5.43 Å². The van der Waals surface area contributed by atoms with Crippen molar-refractivity contribution in [1.29, 1.82) is 0 Å². The number of aryl methyl sites for hydroxylation is 3. The molecule has 0 fully saturated rings. The maximum atomic E-state index is 14.6. The number of phenols is 2. The number of ether oxygens (including phenoxy) is 3. The van der Waals surface area contributed by atoms with Gasteiger partial charge in [-0.05, 0) is 52.5 Å². The standard InChI is InChI=1S/C34H32N2O7/c1-14-11-16-22-27-24(33(40)34(16)43-7)18(38)13-19(41-5)25(27)26-20(42-6)12-17(37)23-29(26)28(22)30-21(14)15(2)36(31(30)32(23)39)10-8-9-35(3)4/h11-13,37-38H,8-10H2,1-7H3. The first-order valence-electron chi connectivity index (χ1n) is 14.1. The quantitative estimate of drug-likeness (QED) is 0.189. The largest absolute Gasteiger partial charge is 0.507 e. The van der Waals surface area contributed by atoms with Gasteiger partial charge in [-0.1, -0.05) is 0 Å². The first-order valence-corrected chi connectivity index (χ1v) is 14.1. The molecule has 0 spiro atoms. The fourth-order valence-electron chi connectivity index (χ4n) is 7.46. The molecule has 9 heteroatoms. The minimum Gasteiger partial charge on any atom is -0.507 e. The van der Waals surface area contributed by atoms with E-state index in [9.17, 15) is 19.8 Å². The van der Waals surface area contributed by atoms with E-state index in [2.05, 4.69) is 9.47 Å². The van der Waals surface area contributed by atoms with Crippen molar-refractivity contribution in [3.8, 4) is 28.7 Å². The summed E-state index contributed by atoms with van der Waals surface area (Å²) in [7, 11) is 8.45. The van der Waals surface area contributed by atoms with Crippen molar-refractivity contribution < 1.29 is 24.4 Å². The Morgan fingerprint density at radius 1 is 0.698 bits per heavy atom. The van der Waals surface area contributed by atoms with Crippen LogP contribution in [-0.4, -0.2) is 61.6 Å². The Hall–Kier alpha value is -4.76. The summed E-state index contributed by atoms with van der Waals surface area (Å²) in [6.07, 6.45) is 0.814. The number of rotatable bonds is 7. The Labute approximate surface area is 246 Å². The predicted octanol–water partition coefficient (Wildman–Crippen LogP) is 5.45. The number of fused-ring (bicyclic) bond motifs is 1. The fraction of sp³-hybridized carbons (Fsp3) is 0.294. The molecule has 0 amide bonds. The number of hydrogen-bond donors (Lipinski definition) is 2. The molecule has 2 N–H and O–H groups in total. The van der Waals surface area contributed by atoms with E-state index >= 15 is 0 Å². The van der Waals surface area contributed by atoms with Gasteiger partial charge in [0.15, 0.2) is 5.75 Å². The van der Waals surface area contributed by atoms with E-state index in [1.807, 2.05) is 34.0 Å². The van der Waals surface area contributed by atoms with Crippen molar-refractivity contribution in [2.75, 3.05) is 42.0 Å². The molecule has 1 aromatic heterocycles. The zero-order valence-electron chi connectivity index (χ0n) is 25.2. The molecule has 0 aliphatic carbocycles. The fourth-order valence-corrected chi connectivity index (χ4v) is 7.46. The maximum absolute atomic E-state index is 14.6. The van der Waals surface area contributed by atoms with Crippen molar-refractivity contribution in [3.63, 3.8) is 0 Å². The maximum Gasteiger partial charge on any atom is 0.232 e. The molecule has 43 heavy (non-hydrogen) atoms. The van der Waals surface area contributed by atoms with Crippen molar-refractivity contribution in [1.82, 2.24) is 9.47 Å². The molecule has 7 aromatic rings. The van der Waals surface area contributed by atoms with Gasteiger partial charge in [0.2, 0.25) is 10.9 Å². The van der Waals surface area contributed by atoms with Crippen molar-refractivity contribution in [2.24, 2.45) is 0 Å². The summed E-state index contributed by atoms with van der Waals surface area (Å²) in [4.78, 5) is 30.7. The number of aromatic hydroxyl groups is 2. The summed E-state index contributed by atoms with van der Waals surface area (Å²) in [6.45, 7) is 5.42. The second-order valence-corrected chi connectivity index (χ2v) is 11.6. The molecule has 220 valence electrons. The SMILES string of the molecule is COc1c(=O)c2c(O)cc(OC)c3c4c(OC)cc(O)c5c(=O)c6c7c(c(C)cc1c(c23)c7c54)c(C)n6CCCN(C)C. The van der Waals surface area contributed by atoms with Gasteiger partial charge >= 0.3 is 0 Å². The van der Waals surface area contributed by atoms with Crippen molar-refractivity contribution in [2.45, 2.75) is 26.8 Å². The van der Waals surface area contributed by atoms with Gasteiger partial charge in [0.25, 0.3) is 0 Å². The summed E-state index contributed by atoms with van der Waals surface area (Å²) in [5.74, 6) is 0.289. The van der Waals surface area contributed by atoms with E-state index in [1.54, 1.807) is 0 Å². The number of benzene rings is 5. The lowest BCUT2D eigenvalue weighted by atomic mass is 9.85. The molecule has 0 radical (unpaired) electrons. The van der Waals surface area contributed by atoms with Crippen LogP contribution >= 0.6 is 0 Å². The van der Waals surface area contributed by atoms with E-state index in [4.69, 9.17) is 14.2 Å². The van der Waals surface area contributed by atoms with Crippen LogP contribution in [0.4, 0.5) is 0 Å². The summed E-state index contributed by atoms with van der Waals surface area (Å²) < 4.78 is 19.4. The normalized spacial score (nSPS) is 12.5. The molecular weight excluding hydrogens is 548 g/mol. The molecule has 6 aromatic carbocycles. The molecule has 7 rings (SSSR count). The zero-order valence-corrected chi connectivity index (χ0v) is 25.2. The lowest BCUT2D eigenvalue weighted by Crippen LogP contribution is -2.17. The first kappa shape index (κ1) is 27.1. The molecule has 0 unspecified atom stereocenters. The van der Waals surface area contributed by atoms with Crippen LogP contribution in [-0.2, 0) is 6.54 Å². The van der Waals surface area contributed by atoms with Gasteiger partial charge in [-0.2, -0.15) is 0 Å². The molecular formula is C34H32N2O7. The third-order valence-corrected chi connectivity index (χ3v) is 9.09. The highest BCUT2D eigenvalue weighted by atomic mass is 16.5. The van der Waals surface area contributed by atoms with Crippen LogP contribution in [0.1, 0.15) is 17.7 Å². The zero-order chi connectivity index (χ0) is 30.6. The topological polar surface area (TPSA) is 110 Å². The van der Waals surface area contributed by atoms with E-state index in [1.165, 1.54) is 33.5 Å². The average Bonchev–Trinajstić information content (AvgIpc) is 3.18.